The summed E-state index contributed by atoms with van der Waals surface area (Å²) in [6, 6.07) is 4.57. The molecule has 0 bridgehead atoms. The first-order valence-corrected chi connectivity index (χ1v) is 9.24. The van der Waals surface area contributed by atoms with E-state index in [0.717, 1.165) is 30.9 Å². The number of fused-ring (bicyclic) bond motifs is 4. The summed E-state index contributed by atoms with van der Waals surface area (Å²) in [7, 11) is 0. The average molecular weight is 315 g/mol. The second-order valence-corrected chi connectivity index (χ2v) is 8.65. The molecular formula is C23H25N. The van der Waals surface area contributed by atoms with Gasteiger partial charge in [-0.15, -0.1) is 0 Å². The highest BCUT2D eigenvalue weighted by Gasteiger charge is 2.46. The van der Waals surface area contributed by atoms with Gasteiger partial charge in [-0.1, -0.05) is 39.5 Å². The Hall–Kier alpha value is -2.02. The molecule has 0 aliphatic heterocycles. The van der Waals surface area contributed by atoms with Crippen LogP contribution in [-0.4, -0.2) is 0 Å². The van der Waals surface area contributed by atoms with Crippen LogP contribution in [0.4, 0.5) is 0 Å². The summed E-state index contributed by atoms with van der Waals surface area (Å²) in [4.78, 5) is 0. The van der Waals surface area contributed by atoms with Gasteiger partial charge in [0.2, 0.25) is 0 Å². The van der Waals surface area contributed by atoms with Crippen molar-refractivity contribution in [2.75, 3.05) is 0 Å². The Morgan fingerprint density at radius 2 is 1.92 bits per heavy atom. The van der Waals surface area contributed by atoms with Gasteiger partial charge in [0.25, 0.3) is 0 Å². The van der Waals surface area contributed by atoms with E-state index in [2.05, 4.69) is 45.6 Å². The number of allylic oxidation sites excluding steroid dienone is 5. The van der Waals surface area contributed by atoms with Crippen molar-refractivity contribution in [3.8, 4) is 0 Å². The van der Waals surface area contributed by atoms with Crippen molar-refractivity contribution in [1.29, 1.82) is 0 Å². The zero-order valence-electron chi connectivity index (χ0n) is 14.9. The van der Waals surface area contributed by atoms with Crippen LogP contribution in [-0.2, 0) is 6.42 Å². The highest BCUT2D eigenvalue weighted by Crippen LogP contribution is 2.63. The molecule has 1 nitrogen and oxygen atoms in total. The molecule has 2 aliphatic carbocycles. The third kappa shape index (κ3) is 1.65. The quantitative estimate of drug-likeness (QED) is 0.580. The van der Waals surface area contributed by atoms with Crippen molar-refractivity contribution in [1.82, 2.24) is 0 Å². The van der Waals surface area contributed by atoms with Gasteiger partial charge in [0.05, 0.1) is 0 Å². The first-order valence-electron chi connectivity index (χ1n) is 9.24. The summed E-state index contributed by atoms with van der Waals surface area (Å²) in [6.07, 6.45) is 6.89. The van der Waals surface area contributed by atoms with E-state index in [0.29, 0.717) is 0 Å². The summed E-state index contributed by atoms with van der Waals surface area (Å²) >= 11 is 0. The maximum absolute atomic E-state index is 5.80. The number of hydrogen-bond acceptors (Lipinski definition) is 1. The number of rotatable bonds is 7. The summed E-state index contributed by atoms with van der Waals surface area (Å²) < 4.78 is 0. The third-order valence-corrected chi connectivity index (χ3v) is 6.35. The van der Waals surface area contributed by atoms with E-state index in [-0.39, 0.29) is 5.41 Å². The van der Waals surface area contributed by atoms with Gasteiger partial charge in [-0.2, -0.15) is 0 Å². The lowest BCUT2D eigenvalue weighted by atomic mass is 9.69. The van der Waals surface area contributed by atoms with Gasteiger partial charge in [0, 0.05) is 11.6 Å². The lowest BCUT2D eigenvalue weighted by Crippen LogP contribution is -2.20. The summed E-state index contributed by atoms with van der Waals surface area (Å²) in [5, 5.41) is 6.17. The Morgan fingerprint density at radius 3 is 2.50 bits per heavy atom. The molecule has 0 amide bonds. The Bertz CT molecular complexity index is 1010. The third-order valence-electron chi connectivity index (χ3n) is 6.35. The highest BCUT2D eigenvalue weighted by molar-refractivity contribution is 6.37. The zero-order chi connectivity index (χ0) is 16.8. The van der Waals surface area contributed by atoms with Crippen molar-refractivity contribution < 1.29 is 0 Å². The molecule has 0 saturated carbocycles. The number of nitrogens with two attached hydrogens (primary N) is 1. The van der Waals surface area contributed by atoms with Crippen molar-refractivity contribution in [3.63, 3.8) is 0 Å². The fourth-order valence-corrected chi connectivity index (χ4v) is 4.82. The maximum Gasteiger partial charge on any atom is 0.00992 e. The van der Waals surface area contributed by atoms with E-state index >= 15 is 0 Å². The molecule has 2 N–H and O–H groups in total. The van der Waals surface area contributed by atoms with Crippen LogP contribution < -0.4 is 5.73 Å². The molecule has 0 radical (unpaired) electrons. The van der Waals surface area contributed by atoms with E-state index < -0.39 is 0 Å². The molecule has 122 valence electrons. The molecule has 0 heterocycles. The summed E-state index contributed by atoms with van der Waals surface area (Å²) in [5.41, 5.74) is 14.9. The zero-order valence-corrected chi connectivity index (χ0v) is 14.9. The van der Waals surface area contributed by atoms with Crippen molar-refractivity contribution in [2.45, 2.75) is 46.5 Å². The molecule has 1 heteroatoms. The van der Waals surface area contributed by atoms with Gasteiger partial charge in [-0.05, 0) is 86.6 Å². The van der Waals surface area contributed by atoms with Gasteiger partial charge in [-0.3, -0.25) is 0 Å². The van der Waals surface area contributed by atoms with Crippen molar-refractivity contribution in [3.05, 3.63) is 52.8 Å². The Balaban J connectivity index is 1.45. The Labute approximate surface area is 143 Å². The monoisotopic (exact) mass is 315 g/mol. The van der Waals surface area contributed by atoms with Gasteiger partial charge >= 0.3 is 0 Å². The first-order chi connectivity index (χ1) is 11.4. The predicted octanol–water partition coefficient (Wildman–Crippen LogP) is 5.86. The van der Waals surface area contributed by atoms with Gasteiger partial charge in [0.15, 0.2) is 0 Å². The molecule has 24 heavy (non-hydrogen) atoms. The van der Waals surface area contributed by atoms with Crippen LogP contribution in [0, 0.1) is 11.3 Å². The first kappa shape index (κ1) is 14.3. The summed E-state index contributed by atoms with van der Waals surface area (Å²) in [6.45, 7) is 10.9. The van der Waals surface area contributed by atoms with Crippen LogP contribution in [0.15, 0.2) is 41.6 Å². The van der Waals surface area contributed by atoms with E-state index in [1.165, 1.54) is 17.2 Å². The van der Waals surface area contributed by atoms with Crippen LogP contribution in [0.1, 0.15) is 51.2 Å². The maximum atomic E-state index is 5.80. The normalized spacial score (nSPS) is 20.1. The van der Waals surface area contributed by atoms with E-state index in [1.807, 2.05) is 0 Å². The number of benzene rings is 2. The minimum atomic E-state index is 0.264. The van der Waals surface area contributed by atoms with Gasteiger partial charge < -0.3 is 5.73 Å². The van der Waals surface area contributed by atoms with Crippen LogP contribution in [0.25, 0.3) is 27.1 Å². The Kier molecular flexibility index (Phi) is 2.59. The standard InChI is InChI=1S/C23H25N/c1-5-13-16-10-17(19(13)16)21-18(11-23(3,4)9-8-12(2)24)20-14-6-7-15(14)22(20)21/h6-7,10,13H,2,5,8-9,11,24H2,1,3-4H3. The minimum Gasteiger partial charge on any atom is -0.403 e. The van der Waals surface area contributed by atoms with Crippen molar-refractivity contribution >= 4 is 27.1 Å². The van der Waals surface area contributed by atoms with E-state index in [1.54, 1.807) is 38.6 Å². The average Bonchev–Trinajstić information content (AvgIpc) is 3.07. The molecule has 0 aromatic heterocycles. The molecule has 1 unspecified atom stereocenters. The second kappa shape index (κ2) is 4.33. The van der Waals surface area contributed by atoms with Crippen LogP contribution >= 0.6 is 0 Å². The fraction of sp³-hybridized carbons (Fsp3) is 0.391. The fourth-order valence-electron chi connectivity index (χ4n) is 4.82. The molecule has 0 spiro atoms. The van der Waals surface area contributed by atoms with Crippen LogP contribution in [0.3, 0.4) is 0 Å². The molecule has 3 aromatic rings. The smallest absolute Gasteiger partial charge is 0.00992 e. The molecular weight excluding hydrogens is 290 g/mol. The van der Waals surface area contributed by atoms with Gasteiger partial charge in [-0.25, -0.2) is 0 Å². The largest absolute Gasteiger partial charge is 0.403 e. The van der Waals surface area contributed by atoms with Gasteiger partial charge in [0.1, 0.15) is 0 Å². The minimum absolute atomic E-state index is 0.264. The highest BCUT2D eigenvalue weighted by atomic mass is 14.6. The topological polar surface area (TPSA) is 26.0 Å². The number of hydrogen-bond donors (Lipinski definition) is 1. The lowest BCUT2D eigenvalue weighted by Gasteiger charge is -2.35. The molecule has 3 aromatic carbocycles. The molecule has 1 atom stereocenters. The SMILES string of the molecule is C=C(N)CCC(C)(C)Cc1c(C2=CC3=C2C3CC)c2c3ccc3c12. The second-order valence-electron chi connectivity index (χ2n) is 8.65. The molecule has 0 fully saturated rings. The van der Waals surface area contributed by atoms with Crippen molar-refractivity contribution in [2.24, 2.45) is 17.1 Å². The summed E-state index contributed by atoms with van der Waals surface area (Å²) in [5.74, 6) is 0.775. The molecule has 2 aliphatic rings. The van der Waals surface area contributed by atoms with Crippen LogP contribution in [0.5, 0.6) is 0 Å². The lowest BCUT2D eigenvalue weighted by molar-refractivity contribution is 0.333. The predicted molar refractivity (Wildman–Crippen MR) is 104 cm³/mol. The van der Waals surface area contributed by atoms with E-state index in [4.69, 9.17) is 5.73 Å². The van der Waals surface area contributed by atoms with E-state index in [9.17, 15) is 0 Å². The Morgan fingerprint density at radius 1 is 1.21 bits per heavy atom. The molecule has 5 rings (SSSR count). The van der Waals surface area contributed by atoms with Crippen LogP contribution in [0.2, 0.25) is 0 Å². The molecule has 0 saturated heterocycles.